The number of esters is 1. The summed E-state index contributed by atoms with van der Waals surface area (Å²) in [7, 11) is 1.33. The van der Waals surface area contributed by atoms with Gasteiger partial charge in [-0.1, -0.05) is 19.8 Å². The predicted octanol–water partition coefficient (Wildman–Crippen LogP) is 1.93. The minimum absolute atomic E-state index is 0.275. The van der Waals surface area contributed by atoms with Crippen LogP contribution in [0.25, 0.3) is 0 Å². The second-order valence-corrected chi connectivity index (χ2v) is 4.48. The molecular weight excluding hydrogens is 216 g/mol. The van der Waals surface area contributed by atoms with Crippen LogP contribution in [-0.2, 0) is 14.3 Å². The van der Waals surface area contributed by atoms with Crippen LogP contribution in [0.1, 0.15) is 32.6 Å². The molecule has 5 heteroatoms. The number of carbonyl (C=O) groups excluding carboxylic acids is 1. The van der Waals surface area contributed by atoms with E-state index in [-0.39, 0.29) is 12.4 Å². The van der Waals surface area contributed by atoms with Gasteiger partial charge in [0.2, 0.25) is 0 Å². The van der Waals surface area contributed by atoms with Gasteiger partial charge in [-0.3, -0.25) is 9.59 Å². The van der Waals surface area contributed by atoms with Gasteiger partial charge >= 0.3 is 11.9 Å². The van der Waals surface area contributed by atoms with E-state index in [1.54, 1.807) is 0 Å². The van der Waals surface area contributed by atoms with Gasteiger partial charge in [0.1, 0.15) is 5.25 Å². The van der Waals surface area contributed by atoms with Crippen LogP contribution >= 0.6 is 11.8 Å². The summed E-state index contributed by atoms with van der Waals surface area (Å²) in [5.41, 5.74) is 0. The first kappa shape index (κ1) is 14.3. The summed E-state index contributed by atoms with van der Waals surface area (Å²) in [5.74, 6) is -0.576. The second kappa shape index (κ2) is 8.59. The first-order valence-electron chi connectivity index (χ1n) is 5.03. The van der Waals surface area contributed by atoms with Crippen LogP contribution in [0.2, 0.25) is 0 Å². The fourth-order valence-corrected chi connectivity index (χ4v) is 2.10. The van der Waals surface area contributed by atoms with Crippen molar-refractivity contribution in [3.05, 3.63) is 0 Å². The number of rotatable bonds is 8. The Kier molecular flexibility index (Phi) is 8.18. The van der Waals surface area contributed by atoms with Gasteiger partial charge in [-0.05, 0) is 6.42 Å². The number of ether oxygens (including phenoxy) is 1. The van der Waals surface area contributed by atoms with E-state index in [4.69, 9.17) is 5.11 Å². The van der Waals surface area contributed by atoms with Gasteiger partial charge in [0, 0.05) is 5.75 Å². The van der Waals surface area contributed by atoms with E-state index < -0.39 is 11.2 Å². The molecule has 4 nitrogen and oxygen atoms in total. The molecule has 1 atom stereocenters. The SMILES string of the molecule is CCCCC(SCCC(=O)OC)C(=O)O. The highest BCUT2D eigenvalue weighted by Gasteiger charge is 2.17. The number of aliphatic carboxylic acids is 1. The normalized spacial score (nSPS) is 12.1. The summed E-state index contributed by atoms with van der Waals surface area (Å²) in [4.78, 5) is 21.6. The molecule has 0 heterocycles. The summed E-state index contributed by atoms with van der Waals surface area (Å²) >= 11 is 1.31. The molecule has 0 bridgehead atoms. The largest absolute Gasteiger partial charge is 0.480 e. The number of carboxylic acid groups (broad SMARTS) is 1. The van der Waals surface area contributed by atoms with E-state index in [1.807, 2.05) is 6.92 Å². The minimum Gasteiger partial charge on any atom is -0.480 e. The number of unbranched alkanes of at least 4 members (excludes halogenated alkanes) is 1. The number of carboxylic acids is 1. The Hall–Kier alpha value is -0.710. The lowest BCUT2D eigenvalue weighted by atomic mass is 10.2. The Bertz CT molecular complexity index is 206. The average molecular weight is 234 g/mol. The smallest absolute Gasteiger partial charge is 0.316 e. The molecule has 0 saturated carbocycles. The Morgan fingerprint density at radius 3 is 2.60 bits per heavy atom. The van der Waals surface area contributed by atoms with Crippen molar-refractivity contribution in [1.82, 2.24) is 0 Å². The first-order chi connectivity index (χ1) is 7.11. The number of carbonyl (C=O) groups is 2. The molecule has 0 saturated heterocycles. The zero-order chi connectivity index (χ0) is 11.7. The van der Waals surface area contributed by atoms with E-state index in [0.29, 0.717) is 12.2 Å². The van der Waals surface area contributed by atoms with E-state index in [1.165, 1.54) is 18.9 Å². The van der Waals surface area contributed by atoms with E-state index in [2.05, 4.69) is 4.74 Å². The number of methoxy groups -OCH3 is 1. The molecule has 1 N–H and O–H groups in total. The Morgan fingerprint density at radius 1 is 1.47 bits per heavy atom. The summed E-state index contributed by atoms with van der Waals surface area (Å²) < 4.78 is 4.47. The molecule has 0 aromatic heterocycles. The van der Waals surface area contributed by atoms with E-state index >= 15 is 0 Å². The summed E-state index contributed by atoms with van der Waals surface area (Å²) in [6.07, 6.45) is 2.83. The maximum absolute atomic E-state index is 10.8. The van der Waals surface area contributed by atoms with Crippen LogP contribution in [0.5, 0.6) is 0 Å². The lowest BCUT2D eigenvalue weighted by molar-refractivity contribution is -0.140. The zero-order valence-corrected chi connectivity index (χ0v) is 10.0. The predicted molar refractivity (Wildman–Crippen MR) is 60.0 cm³/mol. The van der Waals surface area contributed by atoms with Crippen molar-refractivity contribution < 1.29 is 19.4 Å². The Labute approximate surface area is 94.4 Å². The van der Waals surface area contributed by atoms with Crippen LogP contribution in [0.4, 0.5) is 0 Å². The van der Waals surface area contributed by atoms with Crippen LogP contribution in [0.15, 0.2) is 0 Å². The monoisotopic (exact) mass is 234 g/mol. The molecule has 0 amide bonds. The van der Waals surface area contributed by atoms with Crippen molar-refractivity contribution >= 4 is 23.7 Å². The summed E-state index contributed by atoms with van der Waals surface area (Å²) in [5, 5.41) is 8.49. The third-order valence-electron chi connectivity index (χ3n) is 1.95. The molecule has 0 aliphatic heterocycles. The quantitative estimate of drug-likeness (QED) is 0.650. The van der Waals surface area contributed by atoms with Gasteiger partial charge in [0.15, 0.2) is 0 Å². The van der Waals surface area contributed by atoms with Gasteiger partial charge in [-0.2, -0.15) is 0 Å². The maximum atomic E-state index is 10.8. The third kappa shape index (κ3) is 7.25. The molecule has 1 unspecified atom stereocenters. The Morgan fingerprint density at radius 2 is 2.13 bits per heavy atom. The molecule has 0 aromatic rings. The summed E-state index contributed by atoms with van der Waals surface area (Å²) in [6.45, 7) is 2.03. The maximum Gasteiger partial charge on any atom is 0.316 e. The fourth-order valence-electron chi connectivity index (χ4n) is 1.05. The van der Waals surface area contributed by atoms with Gasteiger partial charge in [0.25, 0.3) is 0 Å². The highest BCUT2D eigenvalue weighted by molar-refractivity contribution is 8.00. The highest BCUT2D eigenvalue weighted by atomic mass is 32.2. The topological polar surface area (TPSA) is 63.6 Å². The summed E-state index contributed by atoms with van der Waals surface area (Å²) in [6, 6.07) is 0. The van der Waals surface area contributed by atoms with E-state index in [0.717, 1.165) is 12.8 Å². The molecular formula is C10H18O4S. The van der Waals surface area contributed by atoms with Crippen LogP contribution in [-0.4, -0.2) is 35.2 Å². The number of hydrogen-bond donors (Lipinski definition) is 1. The van der Waals surface area contributed by atoms with Crippen molar-refractivity contribution in [2.45, 2.75) is 37.9 Å². The van der Waals surface area contributed by atoms with Gasteiger partial charge in [-0.25, -0.2) is 0 Å². The van der Waals surface area contributed by atoms with Crippen LogP contribution < -0.4 is 0 Å². The fraction of sp³-hybridized carbons (Fsp3) is 0.800. The van der Waals surface area contributed by atoms with Crippen molar-refractivity contribution in [2.24, 2.45) is 0 Å². The van der Waals surface area contributed by atoms with Gasteiger partial charge < -0.3 is 9.84 Å². The molecule has 0 spiro atoms. The Balaban J connectivity index is 3.75. The standard InChI is InChI=1S/C10H18O4S/c1-3-4-5-8(10(12)13)15-7-6-9(11)14-2/h8H,3-7H2,1-2H3,(H,12,13). The van der Waals surface area contributed by atoms with Gasteiger partial charge in [0.05, 0.1) is 13.5 Å². The number of thioether (sulfide) groups is 1. The number of hydrogen-bond acceptors (Lipinski definition) is 4. The van der Waals surface area contributed by atoms with Crippen molar-refractivity contribution in [2.75, 3.05) is 12.9 Å². The van der Waals surface area contributed by atoms with Crippen LogP contribution in [0.3, 0.4) is 0 Å². The molecule has 88 valence electrons. The molecule has 0 aliphatic rings. The minimum atomic E-state index is -0.793. The van der Waals surface area contributed by atoms with Crippen molar-refractivity contribution in [1.29, 1.82) is 0 Å². The lowest BCUT2D eigenvalue weighted by Crippen LogP contribution is -2.17. The third-order valence-corrected chi connectivity index (χ3v) is 3.23. The first-order valence-corrected chi connectivity index (χ1v) is 6.07. The highest BCUT2D eigenvalue weighted by Crippen LogP contribution is 2.18. The van der Waals surface area contributed by atoms with Crippen LogP contribution in [0, 0.1) is 0 Å². The second-order valence-electron chi connectivity index (χ2n) is 3.17. The van der Waals surface area contributed by atoms with E-state index in [9.17, 15) is 9.59 Å². The van der Waals surface area contributed by atoms with Crippen molar-refractivity contribution in [3.63, 3.8) is 0 Å². The van der Waals surface area contributed by atoms with Crippen molar-refractivity contribution in [3.8, 4) is 0 Å². The molecule has 0 radical (unpaired) electrons. The lowest BCUT2D eigenvalue weighted by Gasteiger charge is -2.10. The molecule has 0 fully saturated rings. The average Bonchev–Trinajstić information content (AvgIpc) is 2.22. The molecule has 0 rings (SSSR count). The van der Waals surface area contributed by atoms with Gasteiger partial charge in [-0.15, -0.1) is 11.8 Å². The molecule has 0 aromatic carbocycles. The molecule has 15 heavy (non-hydrogen) atoms. The molecule has 0 aliphatic carbocycles. The zero-order valence-electron chi connectivity index (χ0n) is 9.19.